The van der Waals surface area contributed by atoms with E-state index in [4.69, 9.17) is 10.5 Å². The number of nitrogens with two attached hydrogens (primary N) is 1. The minimum atomic E-state index is -0.931. The molecular weight excluding hydrogens is 270 g/mol. The second kappa shape index (κ2) is 7.85. The average molecular weight is 295 g/mol. The van der Waals surface area contributed by atoms with Gasteiger partial charge in [-0.15, -0.1) is 0 Å². The molecule has 0 heterocycles. The molecule has 5 N–H and O–H groups in total. The fourth-order valence-electron chi connectivity index (χ4n) is 1.86. The van der Waals surface area contributed by atoms with Gasteiger partial charge in [0.05, 0.1) is 11.2 Å². The van der Waals surface area contributed by atoms with Crippen molar-refractivity contribution in [1.82, 2.24) is 5.32 Å². The van der Waals surface area contributed by atoms with Crippen LogP contribution in [0.25, 0.3) is 0 Å². The van der Waals surface area contributed by atoms with Gasteiger partial charge in [0.25, 0.3) is 5.91 Å². The maximum atomic E-state index is 12.0. The summed E-state index contributed by atoms with van der Waals surface area (Å²) in [5, 5.41) is 16.1. The van der Waals surface area contributed by atoms with Crippen LogP contribution in [0.4, 0.5) is 11.4 Å². The molecule has 6 nitrogen and oxygen atoms in total. The van der Waals surface area contributed by atoms with Crippen LogP contribution in [-0.4, -0.2) is 43.4 Å². The number of hydrogen-bond donors (Lipinski definition) is 4. The number of ether oxygens (including phenoxy) is 1. The largest absolute Gasteiger partial charge is 0.399 e. The molecular formula is C15H25N3O3. The number of aliphatic hydroxyl groups is 1. The van der Waals surface area contributed by atoms with Gasteiger partial charge in [-0.05, 0) is 32.0 Å². The Labute approximate surface area is 125 Å². The van der Waals surface area contributed by atoms with E-state index in [1.807, 2.05) is 6.92 Å². The molecule has 6 heteroatoms. The zero-order valence-corrected chi connectivity index (χ0v) is 12.9. The first kappa shape index (κ1) is 17.3. The Morgan fingerprint density at radius 2 is 2.19 bits per heavy atom. The molecule has 0 bridgehead atoms. The van der Waals surface area contributed by atoms with Gasteiger partial charge in [-0.25, -0.2) is 0 Å². The standard InChI is InChI=1S/C15H25N3O3/c1-4-17-14(19)12-6-5-11(16)9-13(12)18-10-15(2,20)7-8-21-3/h5-6,9,18,20H,4,7-8,10,16H2,1-3H3,(H,17,19). The lowest BCUT2D eigenvalue weighted by molar-refractivity contribution is 0.0357. The predicted octanol–water partition coefficient (Wildman–Crippen LogP) is 1.22. The number of nitrogen functional groups attached to an aromatic ring is 1. The first-order valence-corrected chi connectivity index (χ1v) is 7.02. The van der Waals surface area contributed by atoms with Crippen LogP contribution in [0.3, 0.4) is 0 Å². The van der Waals surface area contributed by atoms with Gasteiger partial charge >= 0.3 is 0 Å². The van der Waals surface area contributed by atoms with Crippen LogP contribution in [0.5, 0.6) is 0 Å². The fraction of sp³-hybridized carbons (Fsp3) is 0.533. The topological polar surface area (TPSA) is 96.6 Å². The summed E-state index contributed by atoms with van der Waals surface area (Å²) in [5.74, 6) is -0.170. The lowest BCUT2D eigenvalue weighted by Crippen LogP contribution is -2.35. The van der Waals surface area contributed by atoms with Crippen LogP contribution in [-0.2, 0) is 4.74 Å². The monoisotopic (exact) mass is 295 g/mol. The van der Waals surface area contributed by atoms with E-state index < -0.39 is 5.60 Å². The quantitative estimate of drug-likeness (QED) is 0.541. The van der Waals surface area contributed by atoms with Crippen LogP contribution in [0, 0.1) is 0 Å². The molecule has 1 rings (SSSR count). The third-order valence-corrected chi connectivity index (χ3v) is 3.13. The van der Waals surface area contributed by atoms with Crippen LogP contribution >= 0.6 is 0 Å². The molecule has 0 aliphatic carbocycles. The molecule has 0 aliphatic rings. The van der Waals surface area contributed by atoms with Crippen molar-refractivity contribution in [3.8, 4) is 0 Å². The number of benzene rings is 1. The summed E-state index contributed by atoms with van der Waals surface area (Å²) in [6.07, 6.45) is 0.495. The van der Waals surface area contributed by atoms with E-state index in [9.17, 15) is 9.90 Å². The molecule has 0 spiro atoms. The molecule has 0 radical (unpaired) electrons. The van der Waals surface area contributed by atoms with E-state index in [1.165, 1.54) is 0 Å². The van der Waals surface area contributed by atoms with Gasteiger partial charge in [-0.3, -0.25) is 4.79 Å². The molecule has 0 aliphatic heterocycles. The summed E-state index contributed by atoms with van der Waals surface area (Å²) < 4.78 is 4.97. The van der Waals surface area contributed by atoms with Crippen molar-refractivity contribution in [1.29, 1.82) is 0 Å². The highest BCUT2D eigenvalue weighted by atomic mass is 16.5. The van der Waals surface area contributed by atoms with E-state index in [2.05, 4.69) is 10.6 Å². The Morgan fingerprint density at radius 1 is 1.48 bits per heavy atom. The summed E-state index contributed by atoms with van der Waals surface area (Å²) in [7, 11) is 1.59. The van der Waals surface area contributed by atoms with Gasteiger partial charge in [0.15, 0.2) is 0 Å². The number of carbonyl (C=O) groups is 1. The third-order valence-electron chi connectivity index (χ3n) is 3.13. The van der Waals surface area contributed by atoms with Gasteiger partial charge in [0.2, 0.25) is 0 Å². The van der Waals surface area contributed by atoms with Crippen molar-refractivity contribution in [3.63, 3.8) is 0 Å². The molecule has 0 aromatic heterocycles. The Balaban J connectivity index is 2.81. The molecule has 118 valence electrons. The molecule has 21 heavy (non-hydrogen) atoms. The van der Waals surface area contributed by atoms with Crippen LogP contribution in [0.1, 0.15) is 30.6 Å². The Hall–Kier alpha value is -1.79. The van der Waals surface area contributed by atoms with E-state index in [0.29, 0.717) is 43.1 Å². The van der Waals surface area contributed by atoms with Gasteiger partial charge in [-0.1, -0.05) is 0 Å². The Morgan fingerprint density at radius 3 is 2.81 bits per heavy atom. The van der Waals surface area contributed by atoms with Crippen molar-refractivity contribution in [2.75, 3.05) is 37.9 Å². The maximum Gasteiger partial charge on any atom is 0.253 e. The van der Waals surface area contributed by atoms with Crippen molar-refractivity contribution in [3.05, 3.63) is 23.8 Å². The Bertz CT molecular complexity index is 475. The van der Waals surface area contributed by atoms with Crippen LogP contribution in [0.2, 0.25) is 0 Å². The van der Waals surface area contributed by atoms with E-state index >= 15 is 0 Å². The highest BCUT2D eigenvalue weighted by Gasteiger charge is 2.21. The number of hydrogen-bond acceptors (Lipinski definition) is 5. The van der Waals surface area contributed by atoms with Crippen molar-refractivity contribution in [2.45, 2.75) is 25.9 Å². The molecule has 0 saturated carbocycles. The van der Waals surface area contributed by atoms with Crippen LogP contribution < -0.4 is 16.4 Å². The molecule has 0 fully saturated rings. The summed E-state index contributed by atoms with van der Waals surface area (Å²) in [4.78, 5) is 12.0. The molecule has 1 atom stereocenters. The van der Waals surface area contributed by atoms with Gasteiger partial charge < -0.3 is 26.2 Å². The van der Waals surface area contributed by atoms with E-state index in [1.54, 1.807) is 32.2 Å². The van der Waals surface area contributed by atoms with Crippen molar-refractivity contribution < 1.29 is 14.6 Å². The average Bonchev–Trinajstić information content (AvgIpc) is 2.43. The number of anilines is 2. The van der Waals surface area contributed by atoms with Gasteiger partial charge in [-0.2, -0.15) is 0 Å². The predicted molar refractivity (Wildman–Crippen MR) is 84.5 cm³/mol. The summed E-state index contributed by atoms with van der Waals surface area (Å²) in [6.45, 7) is 4.89. The number of nitrogens with one attached hydrogen (secondary N) is 2. The second-order valence-electron chi connectivity index (χ2n) is 5.26. The van der Waals surface area contributed by atoms with Crippen LogP contribution in [0.15, 0.2) is 18.2 Å². The Kier molecular flexibility index (Phi) is 6.45. The lowest BCUT2D eigenvalue weighted by atomic mass is 10.0. The van der Waals surface area contributed by atoms with E-state index in [-0.39, 0.29) is 5.91 Å². The zero-order valence-electron chi connectivity index (χ0n) is 12.9. The lowest BCUT2D eigenvalue weighted by Gasteiger charge is -2.24. The molecule has 1 aromatic carbocycles. The van der Waals surface area contributed by atoms with Crippen molar-refractivity contribution in [2.24, 2.45) is 0 Å². The maximum absolute atomic E-state index is 12.0. The molecule has 0 saturated heterocycles. The summed E-state index contributed by atoms with van der Waals surface area (Å²) in [6, 6.07) is 5.04. The zero-order chi connectivity index (χ0) is 15.9. The minimum absolute atomic E-state index is 0.170. The highest BCUT2D eigenvalue weighted by Crippen LogP contribution is 2.21. The highest BCUT2D eigenvalue weighted by molar-refractivity contribution is 6.00. The summed E-state index contributed by atoms with van der Waals surface area (Å²) in [5.41, 5.74) is 6.51. The molecule has 1 unspecified atom stereocenters. The number of amides is 1. The molecule has 1 amide bonds. The normalized spacial score (nSPS) is 13.5. The smallest absolute Gasteiger partial charge is 0.253 e. The SMILES string of the molecule is CCNC(=O)c1ccc(N)cc1NCC(C)(O)CCOC. The fourth-order valence-corrected chi connectivity index (χ4v) is 1.86. The number of methoxy groups -OCH3 is 1. The number of rotatable bonds is 8. The summed E-state index contributed by atoms with van der Waals surface area (Å²) >= 11 is 0. The number of carbonyl (C=O) groups excluding carboxylic acids is 1. The minimum Gasteiger partial charge on any atom is -0.399 e. The van der Waals surface area contributed by atoms with E-state index in [0.717, 1.165) is 0 Å². The first-order valence-electron chi connectivity index (χ1n) is 7.02. The molecule has 1 aromatic rings. The first-order chi connectivity index (χ1) is 9.89. The van der Waals surface area contributed by atoms with Gasteiger partial charge in [0, 0.05) is 44.6 Å². The van der Waals surface area contributed by atoms with Crippen molar-refractivity contribution >= 4 is 17.3 Å². The van der Waals surface area contributed by atoms with Gasteiger partial charge in [0.1, 0.15) is 0 Å². The third kappa shape index (κ3) is 5.61. The second-order valence-corrected chi connectivity index (χ2v) is 5.26.